The lowest BCUT2D eigenvalue weighted by atomic mass is 10.1. The highest BCUT2D eigenvalue weighted by molar-refractivity contribution is 9.10. The summed E-state index contributed by atoms with van der Waals surface area (Å²) in [5.74, 6) is 0.606. The van der Waals surface area contributed by atoms with Crippen LogP contribution in [0.1, 0.15) is 19.4 Å². The minimum atomic E-state index is -0.112. The van der Waals surface area contributed by atoms with Crippen LogP contribution in [0.25, 0.3) is 0 Å². The van der Waals surface area contributed by atoms with Gasteiger partial charge in [0, 0.05) is 49.3 Å². The molecule has 0 atom stereocenters. The Hall–Kier alpha value is -0.450. The zero-order chi connectivity index (χ0) is 13.8. The van der Waals surface area contributed by atoms with Crippen molar-refractivity contribution in [3.05, 3.63) is 34.1 Å². The Kier molecular flexibility index (Phi) is 5.37. The molecule has 0 aromatic heterocycles. The van der Waals surface area contributed by atoms with Gasteiger partial charge >= 0.3 is 0 Å². The number of nitrogens with zero attached hydrogens (tertiary/aromatic N) is 2. The molecule has 1 saturated heterocycles. The molecule has 106 valence electrons. The predicted octanol–water partition coefficient (Wildman–Crippen LogP) is 3.36. The van der Waals surface area contributed by atoms with E-state index in [1.54, 1.807) is 6.07 Å². The molecule has 0 N–H and O–H groups in total. The first-order chi connectivity index (χ1) is 9.04. The zero-order valence-electron chi connectivity index (χ0n) is 11.7. The van der Waals surface area contributed by atoms with Crippen molar-refractivity contribution in [2.75, 3.05) is 32.7 Å². The molecular formula is C15H22BrFN2. The fourth-order valence-corrected chi connectivity index (χ4v) is 2.87. The van der Waals surface area contributed by atoms with Crippen molar-refractivity contribution in [3.8, 4) is 0 Å². The molecule has 0 radical (unpaired) electrons. The van der Waals surface area contributed by atoms with E-state index in [1.165, 1.54) is 6.54 Å². The normalized spacial score (nSPS) is 18.2. The third-order valence-corrected chi connectivity index (χ3v) is 3.99. The maximum atomic E-state index is 13.8. The minimum Gasteiger partial charge on any atom is -0.301 e. The Morgan fingerprint density at radius 2 is 1.79 bits per heavy atom. The van der Waals surface area contributed by atoms with E-state index in [4.69, 9.17) is 0 Å². The number of hydrogen-bond donors (Lipinski definition) is 0. The van der Waals surface area contributed by atoms with Gasteiger partial charge in [-0.1, -0.05) is 35.8 Å². The summed E-state index contributed by atoms with van der Waals surface area (Å²) in [6.07, 6.45) is 0. The molecule has 1 aliphatic heterocycles. The average molecular weight is 329 g/mol. The monoisotopic (exact) mass is 328 g/mol. The molecule has 19 heavy (non-hydrogen) atoms. The standard InChI is InChI=1S/C15H22BrFN2/c1-12(2)10-18-5-7-19(8-6-18)11-13-3-4-14(16)9-15(13)17/h3-4,9,12H,5-8,10-11H2,1-2H3. The van der Waals surface area contributed by atoms with Gasteiger partial charge in [-0.2, -0.15) is 0 Å². The van der Waals surface area contributed by atoms with Crippen molar-refractivity contribution in [2.45, 2.75) is 20.4 Å². The third-order valence-electron chi connectivity index (χ3n) is 3.50. The van der Waals surface area contributed by atoms with Crippen molar-refractivity contribution in [2.24, 2.45) is 5.92 Å². The van der Waals surface area contributed by atoms with E-state index in [0.29, 0.717) is 6.54 Å². The maximum Gasteiger partial charge on any atom is 0.128 e. The minimum absolute atomic E-state index is 0.112. The number of halogens is 2. The number of rotatable bonds is 4. The van der Waals surface area contributed by atoms with Crippen LogP contribution in [-0.4, -0.2) is 42.5 Å². The summed E-state index contributed by atoms with van der Waals surface area (Å²) in [4.78, 5) is 4.84. The molecule has 0 amide bonds. The summed E-state index contributed by atoms with van der Waals surface area (Å²) in [6, 6.07) is 5.33. The van der Waals surface area contributed by atoms with Gasteiger partial charge in [0.25, 0.3) is 0 Å². The summed E-state index contributed by atoms with van der Waals surface area (Å²) in [5.41, 5.74) is 0.792. The molecule has 1 heterocycles. The third kappa shape index (κ3) is 4.55. The van der Waals surface area contributed by atoms with Gasteiger partial charge in [-0.15, -0.1) is 0 Å². The summed E-state index contributed by atoms with van der Waals surface area (Å²) >= 11 is 3.29. The highest BCUT2D eigenvalue weighted by atomic mass is 79.9. The first kappa shape index (κ1) is 14.9. The smallest absolute Gasteiger partial charge is 0.128 e. The van der Waals surface area contributed by atoms with Gasteiger partial charge in [0.15, 0.2) is 0 Å². The Labute approximate surface area is 123 Å². The van der Waals surface area contributed by atoms with E-state index in [0.717, 1.165) is 42.1 Å². The van der Waals surface area contributed by atoms with Crippen molar-refractivity contribution in [1.82, 2.24) is 9.80 Å². The molecule has 0 spiro atoms. The van der Waals surface area contributed by atoms with Crippen LogP contribution in [0, 0.1) is 11.7 Å². The Morgan fingerprint density at radius 1 is 1.16 bits per heavy atom. The second kappa shape index (κ2) is 6.82. The lowest BCUT2D eigenvalue weighted by Crippen LogP contribution is -2.46. The van der Waals surface area contributed by atoms with Crippen molar-refractivity contribution >= 4 is 15.9 Å². The van der Waals surface area contributed by atoms with Crippen LogP contribution < -0.4 is 0 Å². The van der Waals surface area contributed by atoms with E-state index < -0.39 is 0 Å². The molecule has 1 aliphatic rings. The van der Waals surface area contributed by atoms with E-state index in [1.807, 2.05) is 12.1 Å². The van der Waals surface area contributed by atoms with Crippen molar-refractivity contribution in [1.29, 1.82) is 0 Å². The molecule has 0 bridgehead atoms. The fraction of sp³-hybridized carbons (Fsp3) is 0.600. The van der Waals surface area contributed by atoms with Gasteiger partial charge in [-0.05, 0) is 18.1 Å². The topological polar surface area (TPSA) is 6.48 Å². The van der Waals surface area contributed by atoms with Gasteiger partial charge in [-0.3, -0.25) is 4.90 Å². The highest BCUT2D eigenvalue weighted by Gasteiger charge is 2.18. The molecule has 4 heteroatoms. The van der Waals surface area contributed by atoms with Crippen LogP contribution in [0.3, 0.4) is 0 Å². The van der Waals surface area contributed by atoms with E-state index in [2.05, 4.69) is 39.6 Å². The molecule has 1 aromatic rings. The quantitative estimate of drug-likeness (QED) is 0.836. The Balaban J connectivity index is 1.85. The zero-order valence-corrected chi connectivity index (χ0v) is 13.3. The second-order valence-electron chi connectivity index (χ2n) is 5.71. The maximum absolute atomic E-state index is 13.8. The summed E-state index contributed by atoms with van der Waals surface area (Å²) in [5, 5.41) is 0. The van der Waals surface area contributed by atoms with Crippen LogP contribution in [0.5, 0.6) is 0 Å². The molecule has 0 saturated carbocycles. The molecule has 0 unspecified atom stereocenters. The van der Waals surface area contributed by atoms with Gasteiger partial charge in [0.05, 0.1) is 0 Å². The summed E-state index contributed by atoms with van der Waals surface area (Å²) < 4.78 is 14.6. The van der Waals surface area contributed by atoms with Gasteiger partial charge < -0.3 is 4.90 Å². The average Bonchev–Trinajstić information content (AvgIpc) is 2.34. The van der Waals surface area contributed by atoms with E-state index in [9.17, 15) is 4.39 Å². The number of piperazine rings is 1. The lowest BCUT2D eigenvalue weighted by Gasteiger charge is -2.35. The van der Waals surface area contributed by atoms with Crippen LogP contribution in [0.15, 0.2) is 22.7 Å². The SMILES string of the molecule is CC(C)CN1CCN(Cc2ccc(Br)cc2F)CC1. The lowest BCUT2D eigenvalue weighted by molar-refractivity contribution is 0.116. The largest absolute Gasteiger partial charge is 0.301 e. The van der Waals surface area contributed by atoms with Crippen LogP contribution >= 0.6 is 15.9 Å². The first-order valence-corrected chi connectivity index (χ1v) is 7.72. The van der Waals surface area contributed by atoms with Gasteiger partial charge in [0.2, 0.25) is 0 Å². The number of hydrogen-bond acceptors (Lipinski definition) is 2. The van der Waals surface area contributed by atoms with Crippen LogP contribution in [0.2, 0.25) is 0 Å². The van der Waals surface area contributed by atoms with E-state index >= 15 is 0 Å². The highest BCUT2D eigenvalue weighted by Crippen LogP contribution is 2.17. The number of benzene rings is 1. The first-order valence-electron chi connectivity index (χ1n) is 6.93. The van der Waals surface area contributed by atoms with Crippen LogP contribution in [0.4, 0.5) is 4.39 Å². The fourth-order valence-electron chi connectivity index (χ4n) is 2.54. The second-order valence-corrected chi connectivity index (χ2v) is 6.62. The molecule has 0 aliphatic carbocycles. The van der Waals surface area contributed by atoms with Crippen molar-refractivity contribution in [3.63, 3.8) is 0 Å². The van der Waals surface area contributed by atoms with Crippen LogP contribution in [-0.2, 0) is 6.54 Å². The molecule has 2 nitrogen and oxygen atoms in total. The Morgan fingerprint density at radius 3 is 2.37 bits per heavy atom. The molecular weight excluding hydrogens is 307 g/mol. The molecule has 1 fully saturated rings. The van der Waals surface area contributed by atoms with Gasteiger partial charge in [-0.25, -0.2) is 4.39 Å². The molecule has 2 rings (SSSR count). The van der Waals surface area contributed by atoms with Gasteiger partial charge in [0.1, 0.15) is 5.82 Å². The predicted molar refractivity (Wildman–Crippen MR) is 80.7 cm³/mol. The Bertz CT molecular complexity index is 415. The molecule has 1 aromatic carbocycles. The summed E-state index contributed by atoms with van der Waals surface area (Å²) in [7, 11) is 0. The van der Waals surface area contributed by atoms with Crippen molar-refractivity contribution < 1.29 is 4.39 Å². The summed E-state index contributed by atoms with van der Waals surface area (Å²) in [6.45, 7) is 10.6. The van der Waals surface area contributed by atoms with E-state index in [-0.39, 0.29) is 5.82 Å².